The molecule has 0 aliphatic heterocycles. The molecule has 0 radical (unpaired) electrons. The van der Waals surface area contributed by atoms with E-state index < -0.39 is 28.9 Å². The van der Waals surface area contributed by atoms with Gasteiger partial charge in [-0.2, -0.15) is 13.2 Å². The minimum absolute atomic E-state index is 0.0511. The van der Waals surface area contributed by atoms with Crippen LogP contribution in [0.3, 0.4) is 0 Å². The molecule has 3 rings (SSSR count). The monoisotopic (exact) mass is 392 g/mol. The van der Waals surface area contributed by atoms with Crippen LogP contribution in [0.15, 0.2) is 46.1 Å². The standard InChI is InChI=1S/C18H15F3N4O3/c1-24-14-13(16(27)25(2)17(24)28)7-11(9-22-14)15(26)23-8-10-4-3-5-12(6-10)18(19,20)21/h3-7,9H,8H2,1-2H3,(H,23,26). The van der Waals surface area contributed by atoms with Crippen molar-refractivity contribution in [2.45, 2.75) is 12.7 Å². The second kappa shape index (κ2) is 6.95. The molecule has 146 valence electrons. The fourth-order valence-corrected chi connectivity index (χ4v) is 2.73. The van der Waals surface area contributed by atoms with Crippen molar-refractivity contribution in [1.29, 1.82) is 0 Å². The lowest BCUT2D eigenvalue weighted by molar-refractivity contribution is -0.137. The fourth-order valence-electron chi connectivity index (χ4n) is 2.73. The second-order valence-electron chi connectivity index (χ2n) is 6.18. The second-order valence-corrected chi connectivity index (χ2v) is 6.18. The van der Waals surface area contributed by atoms with Gasteiger partial charge in [-0.25, -0.2) is 9.78 Å². The van der Waals surface area contributed by atoms with Gasteiger partial charge in [-0.15, -0.1) is 0 Å². The first-order valence-electron chi connectivity index (χ1n) is 8.09. The summed E-state index contributed by atoms with van der Waals surface area (Å²) in [7, 11) is 2.76. The Labute approximate surface area is 156 Å². The van der Waals surface area contributed by atoms with Crippen molar-refractivity contribution in [3.05, 3.63) is 74.1 Å². The molecule has 0 saturated heterocycles. The van der Waals surface area contributed by atoms with Gasteiger partial charge in [0.1, 0.15) is 5.65 Å². The maximum Gasteiger partial charge on any atom is 0.416 e. The molecule has 28 heavy (non-hydrogen) atoms. The molecule has 0 saturated carbocycles. The van der Waals surface area contributed by atoms with Gasteiger partial charge in [0.15, 0.2) is 0 Å². The number of halogens is 3. The summed E-state index contributed by atoms with van der Waals surface area (Å²) in [5, 5.41) is 2.57. The number of amides is 1. The summed E-state index contributed by atoms with van der Waals surface area (Å²) in [5.41, 5.74) is -1.51. The molecule has 2 heterocycles. The minimum Gasteiger partial charge on any atom is -0.348 e. The lowest BCUT2D eigenvalue weighted by atomic mass is 10.1. The van der Waals surface area contributed by atoms with Crippen LogP contribution in [0.4, 0.5) is 13.2 Å². The summed E-state index contributed by atoms with van der Waals surface area (Å²) in [6.45, 7) is -0.133. The van der Waals surface area contributed by atoms with Crippen LogP contribution in [0.1, 0.15) is 21.5 Å². The van der Waals surface area contributed by atoms with E-state index in [2.05, 4.69) is 10.3 Å². The molecule has 0 bridgehead atoms. The van der Waals surface area contributed by atoms with E-state index in [1.54, 1.807) is 0 Å². The molecule has 0 unspecified atom stereocenters. The first-order valence-corrected chi connectivity index (χ1v) is 8.09. The van der Waals surface area contributed by atoms with Gasteiger partial charge in [0, 0.05) is 26.8 Å². The van der Waals surface area contributed by atoms with E-state index in [0.29, 0.717) is 0 Å². The molecule has 1 aromatic carbocycles. The van der Waals surface area contributed by atoms with Gasteiger partial charge in [-0.3, -0.25) is 18.7 Å². The topological polar surface area (TPSA) is 86.0 Å². The number of aromatic nitrogens is 3. The summed E-state index contributed by atoms with van der Waals surface area (Å²) in [6.07, 6.45) is -3.28. The van der Waals surface area contributed by atoms with Gasteiger partial charge in [-0.05, 0) is 23.8 Å². The van der Waals surface area contributed by atoms with Crippen molar-refractivity contribution in [1.82, 2.24) is 19.4 Å². The Balaban J connectivity index is 1.87. The largest absolute Gasteiger partial charge is 0.416 e. The van der Waals surface area contributed by atoms with Crippen molar-refractivity contribution in [2.24, 2.45) is 14.1 Å². The predicted octanol–water partition coefficient (Wildman–Crippen LogP) is 1.58. The van der Waals surface area contributed by atoms with E-state index >= 15 is 0 Å². The van der Waals surface area contributed by atoms with Crippen LogP contribution < -0.4 is 16.6 Å². The number of benzene rings is 1. The molecule has 0 fully saturated rings. The third kappa shape index (κ3) is 3.53. The smallest absolute Gasteiger partial charge is 0.348 e. The summed E-state index contributed by atoms with van der Waals surface area (Å²) in [6, 6.07) is 5.90. The molecule has 0 aliphatic carbocycles. The van der Waals surface area contributed by atoms with Crippen molar-refractivity contribution < 1.29 is 18.0 Å². The normalized spacial score (nSPS) is 11.6. The van der Waals surface area contributed by atoms with Gasteiger partial charge >= 0.3 is 11.9 Å². The number of carbonyl (C=O) groups excluding carboxylic acids is 1. The average molecular weight is 392 g/mol. The molecular weight excluding hydrogens is 377 g/mol. The van der Waals surface area contributed by atoms with E-state index in [0.717, 1.165) is 16.7 Å². The average Bonchev–Trinajstić information content (AvgIpc) is 2.68. The van der Waals surface area contributed by atoms with E-state index in [4.69, 9.17) is 0 Å². The highest BCUT2D eigenvalue weighted by atomic mass is 19.4. The number of nitrogens with one attached hydrogen (secondary N) is 1. The van der Waals surface area contributed by atoms with Crippen LogP contribution in [0, 0.1) is 0 Å². The molecule has 1 amide bonds. The van der Waals surface area contributed by atoms with Crippen LogP contribution in [0.2, 0.25) is 0 Å². The molecule has 1 N–H and O–H groups in total. The summed E-state index contributed by atoms with van der Waals surface area (Å²) in [4.78, 5) is 40.5. The molecule has 0 spiro atoms. The van der Waals surface area contributed by atoms with Gasteiger partial charge in [0.25, 0.3) is 11.5 Å². The summed E-state index contributed by atoms with van der Waals surface area (Å²) < 4.78 is 40.4. The van der Waals surface area contributed by atoms with Crippen molar-refractivity contribution in [2.75, 3.05) is 0 Å². The maximum absolute atomic E-state index is 12.8. The van der Waals surface area contributed by atoms with Crippen molar-refractivity contribution in [3.63, 3.8) is 0 Å². The number of hydrogen-bond acceptors (Lipinski definition) is 4. The number of fused-ring (bicyclic) bond motifs is 1. The van der Waals surface area contributed by atoms with Crippen LogP contribution in [0.25, 0.3) is 11.0 Å². The lowest BCUT2D eigenvalue weighted by Crippen LogP contribution is -2.37. The van der Waals surface area contributed by atoms with Gasteiger partial charge in [0.05, 0.1) is 16.5 Å². The first-order chi connectivity index (χ1) is 13.1. The quantitative estimate of drug-likeness (QED) is 0.733. The number of carbonyl (C=O) groups is 1. The molecule has 2 aromatic heterocycles. The number of pyridine rings is 1. The Hall–Kier alpha value is -3.43. The highest BCUT2D eigenvalue weighted by molar-refractivity contribution is 5.96. The number of alkyl halides is 3. The van der Waals surface area contributed by atoms with Crippen LogP contribution in [0.5, 0.6) is 0 Å². The van der Waals surface area contributed by atoms with Gasteiger partial charge in [-0.1, -0.05) is 12.1 Å². The van der Waals surface area contributed by atoms with E-state index in [1.165, 1.54) is 43.1 Å². The third-order valence-electron chi connectivity index (χ3n) is 4.26. The highest BCUT2D eigenvalue weighted by Gasteiger charge is 2.30. The maximum atomic E-state index is 12.8. The predicted molar refractivity (Wildman–Crippen MR) is 94.8 cm³/mol. The number of nitrogens with zero attached hydrogens (tertiary/aromatic N) is 3. The van der Waals surface area contributed by atoms with Crippen molar-refractivity contribution >= 4 is 16.9 Å². The minimum atomic E-state index is -4.47. The molecule has 3 aromatic rings. The Morgan fingerprint density at radius 2 is 1.86 bits per heavy atom. The zero-order chi connectivity index (χ0) is 20.6. The Morgan fingerprint density at radius 1 is 1.14 bits per heavy atom. The van der Waals surface area contributed by atoms with Crippen LogP contribution in [-0.2, 0) is 26.8 Å². The van der Waals surface area contributed by atoms with Crippen LogP contribution >= 0.6 is 0 Å². The summed E-state index contributed by atoms with van der Waals surface area (Å²) >= 11 is 0. The molecular formula is C18H15F3N4O3. The fraction of sp³-hybridized carbons (Fsp3) is 0.222. The number of hydrogen-bond donors (Lipinski definition) is 1. The molecule has 7 nitrogen and oxygen atoms in total. The molecule has 0 atom stereocenters. The van der Waals surface area contributed by atoms with E-state index in [9.17, 15) is 27.6 Å². The van der Waals surface area contributed by atoms with E-state index in [-0.39, 0.29) is 28.7 Å². The third-order valence-corrected chi connectivity index (χ3v) is 4.26. The Bertz CT molecular complexity index is 1200. The SMILES string of the molecule is Cn1c(=O)c2cc(C(=O)NCc3cccc(C(F)(F)F)c3)cnc2n(C)c1=O. The van der Waals surface area contributed by atoms with E-state index in [1.807, 2.05) is 0 Å². The Morgan fingerprint density at radius 3 is 2.54 bits per heavy atom. The van der Waals surface area contributed by atoms with Crippen LogP contribution in [-0.4, -0.2) is 20.0 Å². The number of rotatable bonds is 3. The zero-order valence-electron chi connectivity index (χ0n) is 14.9. The highest BCUT2D eigenvalue weighted by Crippen LogP contribution is 2.29. The summed E-state index contributed by atoms with van der Waals surface area (Å²) in [5.74, 6) is -0.609. The molecule has 10 heteroatoms. The Kier molecular flexibility index (Phi) is 4.80. The van der Waals surface area contributed by atoms with Crippen molar-refractivity contribution in [3.8, 4) is 0 Å². The zero-order valence-corrected chi connectivity index (χ0v) is 14.9. The van der Waals surface area contributed by atoms with Gasteiger partial charge < -0.3 is 5.32 Å². The first kappa shape index (κ1) is 19.3. The lowest BCUT2D eigenvalue weighted by Gasteiger charge is -2.10. The van der Waals surface area contributed by atoms with Gasteiger partial charge in [0.2, 0.25) is 0 Å². The number of aryl methyl sites for hydroxylation is 1. The molecule has 0 aliphatic rings.